The van der Waals surface area contributed by atoms with Crippen molar-refractivity contribution in [3.8, 4) is 6.07 Å². The molecule has 3 aromatic rings. The molecular formula is C25H23N3O3. The predicted octanol–water partition coefficient (Wildman–Crippen LogP) is 4.90. The lowest BCUT2D eigenvalue weighted by Gasteiger charge is -2.27. The van der Waals surface area contributed by atoms with Crippen molar-refractivity contribution in [3.63, 3.8) is 0 Å². The van der Waals surface area contributed by atoms with Crippen LogP contribution >= 0.6 is 0 Å². The van der Waals surface area contributed by atoms with Gasteiger partial charge in [0.05, 0.1) is 17.2 Å². The second kappa shape index (κ2) is 10.1. The molecule has 0 spiro atoms. The van der Waals surface area contributed by atoms with E-state index in [2.05, 4.69) is 5.32 Å². The van der Waals surface area contributed by atoms with Gasteiger partial charge in [-0.1, -0.05) is 24.3 Å². The van der Waals surface area contributed by atoms with Gasteiger partial charge in [-0.05, 0) is 68.4 Å². The fourth-order valence-electron chi connectivity index (χ4n) is 3.12. The number of ether oxygens (including phenoxy) is 1. The smallest absolute Gasteiger partial charge is 0.338 e. The summed E-state index contributed by atoms with van der Waals surface area (Å²) in [5.41, 5.74) is 3.17. The number of anilines is 3. The summed E-state index contributed by atoms with van der Waals surface area (Å²) < 4.78 is 5.19. The van der Waals surface area contributed by atoms with Crippen molar-refractivity contribution in [2.45, 2.75) is 19.9 Å². The number of rotatable bonds is 7. The lowest BCUT2D eigenvalue weighted by atomic mass is 10.1. The number of hydrogen-bond acceptors (Lipinski definition) is 5. The number of carbonyl (C=O) groups excluding carboxylic acids is 2. The van der Waals surface area contributed by atoms with Gasteiger partial charge in [0, 0.05) is 23.1 Å². The Bertz CT molecular complexity index is 1090. The topological polar surface area (TPSA) is 82.4 Å². The van der Waals surface area contributed by atoms with Crippen LogP contribution < -0.4 is 10.2 Å². The molecule has 0 saturated heterocycles. The summed E-state index contributed by atoms with van der Waals surface area (Å²) in [6.07, 6.45) is 0. The molecular weight excluding hydrogens is 390 g/mol. The lowest BCUT2D eigenvalue weighted by Crippen LogP contribution is -2.39. The molecule has 3 aromatic carbocycles. The van der Waals surface area contributed by atoms with E-state index < -0.39 is 12.6 Å². The van der Waals surface area contributed by atoms with E-state index in [0.29, 0.717) is 11.3 Å². The summed E-state index contributed by atoms with van der Waals surface area (Å²) in [5, 5.41) is 12.3. The lowest BCUT2D eigenvalue weighted by molar-refractivity contribution is -0.122. The highest BCUT2D eigenvalue weighted by molar-refractivity contribution is 5.97. The predicted molar refractivity (Wildman–Crippen MR) is 120 cm³/mol. The van der Waals surface area contributed by atoms with Crippen molar-refractivity contribution in [2.75, 3.05) is 16.8 Å². The van der Waals surface area contributed by atoms with Crippen molar-refractivity contribution in [3.05, 3.63) is 90.0 Å². The zero-order valence-electron chi connectivity index (χ0n) is 17.4. The first-order valence-corrected chi connectivity index (χ1v) is 9.89. The first-order chi connectivity index (χ1) is 15.0. The summed E-state index contributed by atoms with van der Waals surface area (Å²) in [6, 6.07) is 25.3. The van der Waals surface area contributed by atoms with Crippen LogP contribution in [0, 0.1) is 11.3 Å². The maximum absolute atomic E-state index is 12.8. The molecule has 0 unspecified atom stereocenters. The highest BCUT2D eigenvalue weighted by Gasteiger charge is 2.21. The van der Waals surface area contributed by atoms with Gasteiger partial charge in [-0.25, -0.2) is 4.79 Å². The molecule has 1 amide bonds. The number of hydrogen-bond donors (Lipinski definition) is 1. The van der Waals surface area contributed by atoms with Crippen LogP contribution in [-0.4, -0.2) is 24.5 Å². The second-order valence-corrected chi connectivity index (χ2v) is 7.16. The largest absolute Gasteiger partial charge is 0.452 e. The monoisotopic (exact) mass is 413 g/mol. The van der Waals surface area contributed by atoms with E-state index in [1.807, 2.05) is 74.5 Å². The van der Waals surface area contributed by atoms with Gasteiger partial charge in [0.1, 0.15) is 0 Å². The van der Waals surface area contributed by atoms with E-state index in [1.165, 1.54) is 6.07 Å². The number of nitriles is 1. The molecule has 0 fully saturated rings. The van der Waals surface area contributed by atoms with Crippen LogP contribution in [0.25, 0.3) is 0 Å². The number of nitrogens with one attached hydrogen (secondary N) is 1. The molecule has 6 heteroatoms. The van der Waals surface area contributed by atoms with E-state index in [0.717, 1.165) is 11.4 Å². The zero-order chi connectivity index (χ0) is 22.2. The highest BCUT2D eigenvalue weighted by Crippen LogP contribution is 2.23. The minimum absolute atomic E-state index is 0.124. The summed E-state index contributed by atoms with van der Waals surface area (Å²) in [6.45, 7) is 3.40. The second-order valence-electron chi connectivity index (χ2n) is 7.16. The molecule has 0 bridgehead atoms. The van der Waals surface area contributed by atoms with Crippen molar-refractivity contribution in [2.24, 2.45) is 0 Å². The Labute approximate surface area is 181 Å². The average Bonchev–Trinajstić information content (AvgIpc) is 2.79. The molecule has 0 radical (unpaired) electrons. The highest BCUT2D eigenvalue weighted by atomic mass is 16.5. The van der Waals surface area contributed by atoms with Crippen LogP contribution in [0.15, 0.2) is 78.9 Å². The Balaban J connectivity index is 1.66. The third-order valence-electron chi connectivity index (χ3n) is 4.55. The summed E-state index contributed by atoms with van der Waals surface area (Å²) in [5.74, 6) is -0.972. The molecule has 0 atom stereocenters. The van der Waals surface area contributed by atoms with Crippen LogP contribution in [0.5, 0.6) is 0 Å². The van der Waals surface area contributed by atoms with Crippen LogP contribution in [0.4, 0.5) is 17.1 Å². The van der Waals surface area contributed by atoms with Crippen molar-refractivity contribution >= 4 is 28.9 Å². The number of esters is 1. The van der Waals surface area contributed by atoms with Gasteiger partial charge in [0.15, 0.2) is 6.61 Å². The van der Waals surface area contributed by atoms with E-state index in [-0.39, 0.29) is 17.5 Å². The summed E-state index contributed by atoms with van der Waals surface area (Å²) in [7, 11) is 0. The normalized spacial score (nSPS) is 10.3. The Morgan fingerprint density at radius 3 is 2.29 bits per heavy atom. The fourth-order valence-corrected chi connectivity index (χ4v) is 3.12. The molecule has 31 heavy (non-hydrogen) atoms. The SMILES string of the molecule is CC(C)N(C(=O)COC(=O)c1cccc(C#N)c1)c1ccc(Nc2ccccc2)cc1. The Kier molecular flexibility index (Phi) is 7.02. The van der Waals surface area contributed by atoms with Gasteiger partial charge in [-0.15, -0.1) is 0 Å². The number of para-hydroxylation sites is 1. The number of amides is 1. The Morgan fingerprint density at radius 2 is 1.65 bits per heavy atom. The summed E-state index contributed by atoms with van der Waals surface area (Å²) >= 11 is 0. The molecule has 0 aliphatic carbocycles. The van der Waals surface area contributed by atoms with Crippen LogP contribution in [0.1, 0.15) is 29.8 Å². The molecule has 6 nitrogen and oxygen atoms in total. The van der Waals surface area contributed by atoms with Crippen LogP contribution in [-0.2, 0) is 9.53 Å². The molecule has 0 heterocycles. The fraction of sp³-hybridized carbons (Fsp3) is 0.160. The van der Waals surface area contributed by atoms with E-state index in [9.17, 15) is 9.59 Å². The van der Waals surface area contributed by atoms with Gasteiger partial charge < -0.3 is 15.0 Å². The van der Waals surface area contributed by atoms with Crippen LogP contribution in [0.2, 0.25) is 0 Å². The van der Waals surface area contributed by atoms with Gasteiger partial charge in [0.2, 0.25) is 0 Å². The van der Waals surface area contributed by atoms with E-state index in [4.69, 9.17) is 10.00 Å². The molecule has 156 valence electrons. The quantitative estimate of drug-likeness (QED) is 0.557. The maximum Gasteiger partial charge on any atom is 0.338 e. The van der Waals surface area contributed by atoms with E-state index in [1.54, 1.807) is 23.1 Å². The van der Waals surface area contributed by atoms with E-state index >= 15 is 0 Å². The zero-order valence-corrected chi connectivity index (χ0v) is 17.4. The Morgan fingerprint density at radius 1 is 0.968 bits per heavy atom. The van der Waals surface area contributed by atoms with Crippen molar-refractivity contribution in [1.82, 2.24) is 0 Å². The number of nitrogens with zero attached hydrogens (tertiary/aromatic N) is 2. The van der Waals surface area contributed by atoms with Gasteiger partial charge in [-0.2, -0.15) is 5.26 Å². The van der Waals surface area contributed by atoms with Gasteiger partial charge >= 0.3 is 5.97 Å². The summed E-state index contributed by atoms with van der Waals surface area (Å²) in [4.78, 5) is 26.6. The third-order valence-corrected chi connectivity index (χ3v) is 4.55. The Hall–Kier alpha value is -4.11. The first kappa shape index (κ1) is 21.6. The minimum atomic E-state index is -0.642. The molecule has 0 saturated carbocycles. The van der Waals surface area contributed by atoms with Gasteiger partial charge in [0.25, 0.3) is 5.91 Å². The average molecular weight is 413 g/mol. The molecule has 0 aliphatic heterocycles. The minimum Gasteiger partial charge on any atom is -0.452 e. The van der Waals surface area contributed by atoms with Gasteiger partial charge in [-0.3, -0.25) is 4.79 Å². The standard InChI is InChI=1S/C25H23N3O3/c1-18(2)28(23-13-11-22(12-14-23)27-21-9-4-3-5-10-21)24(29)17-31-25(30)20-8-6-7-19(15-20)16-26/h3-15,18,27H,17H2,1-2H3. The molecule has 1 N–H and O–H groups in total. The van der Waals surface area contributed by atoms with Crippen molar-refractivity contribution < 1.29 is 14.3 Å². The number of carbonyl (C=O) groups is 2. The van der Waals surface area contributed by atoms with Crippen LogP contribution in [0.3, 0.4) is 0 Å². The first-order valence-electron chi connectivity index (χ1n) is 9.89. The molecule has 3 rings (SSSR count). The third kappa shape index (κ3) is 5.71. The maximum atomic E-state index is 12.8. The molecule has 0 aromatic heterocycles. The van der Waals surface area contributed by atoms with Crippen molar-refractivity contribution in [1.29, 1.82) is 5.26 Å². The molecule has 0 aliphatic rings. The number of benzene rings is 3.